The van der Waals surface area contributed by atoms with Crippen LogP contribution in [0.1, 0.15) is 39.2 Å². The van der Waals surface area contributed by atoms with Crippen molar-refractivity contribution in [3.8, 4) is 0 Å². The summed E-state index contributed by atoms with van der Waals surface area (Å²) in [6.45, 7) is 7.90. The third-order valence-electron chi connectivity index (χ3n) is 5.15. The zero-order valence-corrected chi connectivity index (χ0v) is 17.5. The molecule has 1 aliphatic rings. The topological polar surface area (TPSA) is 67.9 Å². The predicted octanol–water partition coefficient (Wildman–Crippen LogP) is 2.62. The number of nitrogens with zero attached hydrogens (tertiary/aromatic N) is 1. The maximum absolute atomic E-state index is 13.2. The monoisotopic (exact) mass is 390 g/mol. The molecular formula is C22H34N2O4. The fourth-order valence-corrected chi connectivity index (χ4v) is 3.43. The molecule has 1 N–H and O–H groups in total. The van der Waals surface area contributed by atoms with E-state index in [1.165, 1.54) is 0 Å². The summed E-state index contributed by atoms with van der Waals surface area (Å²) < 4.78 is 11.2. The Morgan fingerprint density at radius 3 is 2.57 bits per heavy atom. The van der Waals surface area contributed by atoms with E-state index in [0.717, 1.165) is 18.4 Å². The van der Waals surface area contributed by atoms with Crippen molar-refractivity contribution in [2.45, 2.75) is 52.4 Å². The van der Waals surface area contributed by atoms with Crippen molar-refractivity contribution in [2.75, 3.05) is 26.8 Å². The van der Waals surface area contributed by atoms with Gasteiger partial charge in [-0.3, -0.25) is 9.59 Å². The van der Waals surface area contributed by atoms with Gasteiger partial charge < -0.3 is 19.7 Å². The SMILES string of the molecule is COCC1CCCN(C(=O)C(NC(=O)C(C)C)C(C)OCc2ccccc2)C1. The predicted molar refractivity (Wildman–Crippen MR) is 109 cm³/mol. The number of amides is 2. The van der Waals surface area contributed by atoms with Crippen LogP contribution in [0.3, 0.4) is 0 Å². The van der Waals surface area contributed by atoms with E-state index < -0.39 is 12.1 Å². The van der Waals surface area contributed by atoms with E-state index in [1.54, 1.807) is 7.11 Å². The first-order valence-corrected chi connectivity index (χ1v) is 10.2. The number of hydrogen-bond donors (Lipinski definition) is 1. The second-order valence-corrected chi connectivity index (χ2v) is 7.89. The third kappa shape index (κ3) is 6.60. The van der Waals surface area contributed by atoms with Crippen LogP contribution in [0, 0.1) is 11.8 Å². The van der Waals surface area contributed by atoms with Crippen LogP contribution in [0.5, 0.6) is 0 Å². The molecule has 6 heteroatoms. The first-order valence-electron chi connectivity index (χ1n) is 10.2. The first-order chi connectivity index (χ1) is 13.4. The minimum absolute atomic E-state index is 0.0737. The summed E-state index contributed by atoms with van der Waals surface area (Å²) in [5, 5.41) is 2.91. The lowest BCUT2D eigenvalue weighted by Gasteiger charge is -2.36. The summed E-state index contributed by atoms with van der Waals surface area (Å²) in [4.78, 5) is 27.4. The molecule has 1 fully saturated rings. The molecule has 1 heterocycles. The van der Waals surface area contributed by atoms with Crippen molar-refractivity contribution in [1.82, 2.24) is 10.2 Å². The highest BCUT2D eigenvalue weighted by Gasteiger charge is 2.34. The van der Waals surface area contributed by atoms with Gasteiger partial charge in [0.2, 0.25) is 11.8 Å². The molecule has 0 saturated carbocycles. The molecule has 2 rings (SSSR count). The fraction of sp³-hybridized carbons (Fsp3) is 0.636. The van der Waals surface area contributed by atoms with Gasteiger partial charge in [-0.15, -0.1) is 0 Å². The average molecular weight is 391 g/mol. The number of nitrogens with one attached hydrogen (secondary N) is 1. The highest BCUT2D eigenvalue weighted by atomic mass is 16.5. The summed E-state index contributed by atoms with van der Waals surface area (Å²) in [7, 11) is 1.69. The number of carbonyl (C=O) groups excluding carboxylic acids is 2. The second kappa shape index (κ2) is 11.2. The first kappa shape index (κ1) is 22.4. The van der Waals surface area contributed by atoms with E-state index in [9.17, 15) is 9.59 Å². The molecule has 0 spiro atoms. The van der Waals surface area contributed by atoms with Crippen molar-refractivity contribution in [2.24, 2.45) is 11.8 Å². The van der Waals surface area contributed by atoms with Gasteiger partial charge in [0.1, 0.15) is 6.04 Å². The molecule has 3 atom stereocenters. The Hall–Kier alpha value is -1.92. The van der Waals surface area contributed by atoms with Gasteiger partial charge in [0.15, 0.2) is 0 Å². The molecule has 0 bridgehead atoms. The molecule has 0 radical (unpaired) electrons. The van der Waals surface area contributed by atoms with Gasteiger partial charge in [0, 0.05) is 26.1 Å². The van der Waals surface area contributed by atoms with Gasteiger partial charge in [-0.2, -0.15) is 0 Å². The Morgan fingerprint density at radius 2 is 1.93 bits per heavy atom. The normalized spacial score (nSPS) is 19.3. The van der Waals surface area contributed by atoms with Crippen LogP contribution in [0.2, 0.25) is 0 Å². The van der Waals surface area contributed by atoms with Gasteiger partial charge >= 0.3 is 0 Å². The minimum Gasteiger partial charge on any atom is -0.384 e. The largest absolute Gasteiger partial charge is 0.384 e. The molecular weight excluding hydrogens is 356 g/mol. The fourth-order valence-electron chi connectivity index (χ4n) is 3.43. The Kier molecular flexibility index (Phi) is 8.93. The molecule has 1 saturated heterocycles. The lowest BCUT2D eigenvalue weighted by molar-refractivity contribution is -0.143. The number of rotatable bonds is 9. The number of carbonyl (C=O) groups is 2. The highest BCUT2D eigenvalue weighted by Crippen LogP contribution is 2.19. The van der Waals surface area contributed by atoms with Crippen LogP contribution in [0.25, 0.3) is 0 Å². The molecule has 28 heavy (non-hydrogen) atoms. The average Bonchev–Trinajstić information content (AvgIpc) is 2.70. The number of benzene rings is 1. The summed E-state index contributed by atoms with van der Waals surface area (Å²) in [5.74, 6) is -0.0711. The molecule has 3 unspecified atom stereocenters. The summed E-state index contributed by atoms with van der Waals surface area (Å²) in [6, 6.07) is 9.13. The van der Waals surface area contributed by atoms with Crippen molar-refractivity contribution < 1.29 is 19.1 Å². The maximum atomic E-state index is 13.2. The molecule has 1 aliphatic heterocycles. The number of piperidine rings is 1. The van der Waals surface area contributed by atoms with E-state index in [-0.39, 0.29) is 17.7 Å². The second-order valence-electron chi connectivity index (χ2n) is 7.89. The number of methoxy groups -OCH3 is 1. The Labute approximate surface area is 168 Å². The van der Waals surface area contributed by atoms with Crippen LogP contribution in [0.15, 0.2) is 30.3 Å². The zero-order valence-electron chi connectivity index (χ0n) is 17.5. The molecule has 0 aromatic heterocycles. The van der Waals surface area contributed by atoms with Gasteiger partial charge in [-0.1, -0.05) is 44.2 Å². The van der Waals surface area contributed by atoms with Crippen molar-refractivity contribution in [1.29, 1.82) is 0 Å². The standard InChI is InChI=1S/C22H34N2O4/c1-16(2)21(25)23-20(17(3)28-15-18-9-6-5-7-10-18)22(26)24-12-8-11-19(13-24)14-27-4/h5-7,9-10,16-17,19-20H,8,11-15H2,1-4H3,(H,23,25). The molecule has 156 valence electrons. The van der Waals surface area contributed by atoms with Crippen LogP contribution < -0.4 is 5.32 Å². The Bertz CT molecular complexity index is 618. The van der Waals surface area contributed by atoms with Crippen LogP contribution in [-0.2, 0) is 25.7 Å². The van der Waals surface area contributed by atoms with Gasteiger partial charge in [0.05, 0.1) is 19.3 Å². The summed E-state index contributed by atoms with van der Waals surface area (Å²) in [5.41, 5.74) is 1.04. The Morgan fingerprint density at radius 1 is 1.21 bits per heavy atom. The van der Waals surface area contributed by atoms with E-state index in [0.29, 0.717) is 32.2 Å². The molecule has 2 amide bonds. The van der Waals surface area contributed by atoms with Gasteiger partial charge in [0.25, 0.3) is 0 Å². The third-order valence-corrected chi connectivity index (χ3v) is 5.15. The lowest BCUT2D eigenvalue weighted by Crippen LogP contribution is -2.56. The number of hydrogen-bond acceptors (Lipinski definition) is 4. The van der Waals surface area contributed by atoms with E-state index in [4.69, 9.17) is 9.47 Å². The molecule has 6 nitrogen and oxygen atoms in total. The van der Waals surface area contributed by atoms with E-state index in [2.05, 4.69) is 5.32 Å². The quantitative estimate of drug-likeness (QED) is 0.704. The van der Waals surface area contributed by atoms with Crippen molar-refractivity contribution in [3.63, 3.8) is 0 Å². The van der Waals surface area contributed by atoms with Crippen molar-refractivity contribution in [3.05, 3.63) is 35.9 Å². The smallest absolute Gasteiger partial charge is 0.247 e. The highest BCUT2D eigenvalue weighted by molar-refractivity contribution is 5.88. The summed E-state index contributed by atoms with van der Waals surface area (Å²) >= 11 is 0. The maximum Gasteiger partial charge on any atom is 0.247 e. The molecule has 0 aliphatic carbocycles. The van der Waals surface area contributed by atoms with E-state index in [1.807, 2.05) is 56.0 Å². The van der Waals surface area contributed by atoms with Crippen LogP contribution >= 0.6 is 0 Å². The van der Waals surface area contributed by atoms with E-state index >= 15 is 0 Å². The van der Waals surface area contributed by atoms with Crippen LogP contribution in [-0.4, -0.2) is 55.7 Å². The van der Waals surface area contributed by atoms with Crippen LogP contribution in [0.4, 0.5) is 0 Å². The molecule has 1 aromatic rings. The Balaban J connectivity index is 2.06. The minimum atomic E-state index is -0.695. The lowest BCUT2D eigenvalue weighted by atomic mass is 9.97. The van der Waals surface area contributed by atoms with Crippen molar-refractivity contribution >= 4 is 11.8 Å². The molecule has 1 aromatic carbocycles. The summed E-state index contributed by atoms with van der Waals surface area (Å²) in [6.07, 6.45) is 1.57. The van der Waals surface area contributed by atoms with Gasteiger partial charge in [-0.25, -0.2) is 0 Å². The van der Waals surface area contributed by atoms with Gasteiger partial charge in [-0.05, 0) is 31.2 Å². The number of ether oxygens (including phenoxy) is 2. The zero-order chi connectivity index (χ0) is 20.5. The number of likely N-dealkylation sites (tertiary alicyclic amines) is 1.